The number of methoxy groups -OCH3 is 1. The molecule has 0 fully saturated rings. The molecule has 0 unspecified atom stereocenters. The minimum absolute atomic E-state index is 0.0441. The maximum atomic E-state index is 12.2. The molecule has 1 aromatic carbocycles. The fraction of sp³-hybridized carbons (Fsp3) is 0.385. The molecule has 0 aromatic heterocycles. The lowest BCUT2D eigenvalue weighted by Crippen LogP contribution is -2.36. The first-order valence-corrected chi connectivity index (χ1v) is 5.87. The Morgan fingerprint density at radius 1 is 1.32 bits per heavy atom. The second-order valence-electron chi connectivity index (χ2n) is 4.00. The van der Waals surface area contributed by atoms with E-state index in [1.165, 1.54) is 24.1 Å². The Bertz CT molecular complexity index is 472. The number of rotatable bonds is 5. The molecule has 104 valence electrons. The van der Waals surface area contributed by atoms with E-state index in [4.69, 9.17) is 0 Å². The minimum atomic E-state index is -0.540. The summed E-state index contributed by atoms with van der Waals surface area (Å²) in [4.78, 5) is 24.7. The molecule has 0 bridgehead atoms. The summed E-state index contributed by atoms with van der Waals surface area (Å²) in [5, 5.41) is 19.0. The average molecular weight is 267 g/mol. The van der Waals surface area contributed by atoms with Crippen LogP contribution >= 0.6 is 0 Å². The van der Waals surface area contributed by atoms with Crippen molar-refractivity contribution in [3.05, 3.63) is 23.8 Å². The van der Waals surface area contributed by atoms with E-state index >= 15 is 0 Å². The Morgan fingerprint density at radius 2 is 2.00 bits per heavy atom. The maximum Gasteiger partial charge on any atom is 0.325 e. The number of nitrogens with zero attached hydrogens (tertiary/aromatic N) is 1. The van der Waals surface area contributed by atoms with Gasteiger partial charge in [0.1, 0.15) is 18.0 Å². The molecule has 0 aliphatic carbocycles. The van der Waals surface area contributed by atoms with Gasteiger partial charge >= 0.3 is 5.97 Å². The van der Waals surface area contributed by atoms with Crippen LogP contribution in [0.15, 0.2) is 18.2 Å². The van der Waals surface area contributed by atoms with Gasteiger partial charge in [0.05, 0.1) is 12.7 Å². The van der Waals surface area contributed by atoms with Gasteiger partial charge in [-0.1, -0.05) is 6.92 Å². The molecular formula is C13H17NO5. The number of amides is 1. The summed E-state index contributed by atoms with van der Waals surface area (Å²) in [6, 6.07) is 3.67. The van der Waals surface area contributed by atoms with Crippen LogP contribution in [0.5, 0.6) is 11.5 Å². The zero-order chi connectivity index (χ0) is 14.4. The van der Waals surface area contributed by atoms with Crippen molar-refractivity contribution in [1.82, 2.24) is 4.90 Å². The summed E-state index contributed by atoms with van der Waals surface area (Å²) in [6.45, 7) is 2.02. The smallest absolute Gasteiger partial charge is 0.325 e. The predicted octanol–water partition coefficient (Wildman–Crippen LogP) is 1.12. The first-order valence-electron chi connectivity index (χ1n) is 5.87. The third-order valence-corrected chi connectivity index (χ3v) is 2.54. The van der Waals surface area contributed by atoms with Gasteiger partial charge in [-0.15, -0.1) is 0 Å². The highest BCUT2D eigenvalue weighted by Gasteiger charge is 2.21. The Hall–Kier alpha value is -2.24. The number of esters is 1. The van der Waals surface area contributed by atoms with Crippen molar-refractivity contribution in [1.29, 1.82) is 0 Å². The molecule has 6 nitrogen and oxygen atoms in total. The Balaban J connectivity index is 2.98. The van der Waals surface area contributed by atoms with Gasteiger partial charge in [-0.05, 0) is 24.6 Å². The van der Waals surface area contributed by atoms with Crippen LogP contribution in [0.4, 0.5) is 0 Å². The fourth-order valence-corrected chi connectivity index (χ4v) is 1.61. The molecule has 6 heteroatoms. The van der Waals surface area contributed by atoms with E-state index in [1.807, 2.05) is 6.92 Å². The van der Waals surface area contributed by atoms with Gasteiger partial charge in [-0.25, -0.2) is 0 Å². The van der Waals surface area contributed by atoms with Crippen LogP contribution in [-0.2, 0) is 9.53 Å². The summed E-state index contributed by atoms with van der Waals surface area (Å²) in [6.07, 6.45) is 0.655. The first-order chi connectivity index (χ1) is 8.99. The van der Waals surface area contributed by atoms with Crippen LogP contribution in [-0.4, -0.2) is 47.2 Å². The predicted molar refractivity (Wildman–Crippen MR) is 68.0 cm³/mol. The van der Waals surface area contributed by atoms with Crippen LogP contribution in [0.2, 0.25) is 0 Å². The molecule has 1 rings (SSSR count). The summed E-state index contributed by atoms with van der Waals surface area (Å²) < 4.78 is 4.52. The molecule has 0 atom stereocenters. The Morgan fingerprint density at radius 3 is 2.58 bits per heavy atom. The van der Waals surface area contributed by atoms with E-state index in [0.29, 0.717) is 13.0 Å². The van der Waals surface area contributed by atoms with Crippen molar-refractivity contribution in [2.24, 2.45) is 0 Å². The van der Waals surface area contributed by atoms with Crippen molar-refractivity contribution in [2.45, 2.75) is 13.3 Å². The largest absolute Gasteiger partial charge is 0.508 e. The normalized spacial score (nSPS) is 10.0. The summed E-state index contributed by atoms with van der Waals surface area (Å²) in [5.41, 5.74) is -0.0441. The Kier molecular flexibility index (Phi) is 5.17. The standard InChI is InChI=1S/C13H17NO5/c1-3-6-14(8-12(17)19-2)13(18)10-7-9(15)4-5-11(10)16/h4-5,7,15-16H,3,6,8H2,1-2H3. The number of phenolic OH excluding ortho intramolecular Hbond substituents is 2. The molecule has 0 heterocycles. The second-order valence-corrected chi connectivity index (χ2v) is 4.00. The molecule has 0 aliphatic rings. The zero-order valence-corrected chi connectivity index (χ0v) is 10.9. The lowest BCUT2D eigenvalue weighted by Gasteiger charge is -2.21. The fourth-order valence-electron chi connectivity index (χ4n) is 1.61. The summed E-state index contributed by atoms with van der Waals surface area (Å²) in [5.74, 6) is -1.44. The van der Waals surface area contributed by atoms with Crippen LogP contribution in [0.3, 0.4) is 0 Å². The van der Waals surface area contributed by atoms with Gasteiger partial charge < -0.3 is 19.8 Å². The molecule has 0 radical (unpaired) electrons. The van der Waals surface area contributed by atoms with Crippen molar-refractivity contribution in [2.75, 3.05) is 20.2 Å². The average Bonchev–Trinajstić information content (AvgIpc) is 2.40. The monoisotopic (exact) mass is 267 g/mol. The number of ether oxygens (including phenoxy) is 1. The molecule has 0 aliphatic heterocycles. The SMILES string of the molecule is CCCN(CC(=O)OC)C(=O)c1cc(O)ccc1O. The molecular weight excluding hydrogens is 250 g/mol. The molecule has 0 saturated carbocycles. The number of phenols is 2. The van der Waals surface area contributed by atoms with E-state index in [0.717, 1.165) is 6.07 Å². The van der Waals surface area contributed by atoms with Gasteiger partial charge in [0.2, 0.25) is 0 Å². The highest BCUT2D eigenvalue weighted by molar-refractivity contribution is 5.98. The Labute approximate surface area is 111 Å². The van der Waals surface area contributed by atoms with E-state index in [2.05, 4.69) is 4.74 Å². The maximum absolute atomic E-state index is 12.2. The lowest BCUT2D eigenvalue weighted by atomic mass is 10.1. The lowest BCUT2D eigenvalue weighted by molar-refractivity contribution is -0.141. The van der Waals surface area contributed by atoms with Crippen molar-refractivity contribution >= 4 is 11.9 Å². The molecule has 2 N–H and O–H groups in total. The number of benzene rings is 1. The number of hydrogen-bond donors (Lipinski definition) is 2. The van der Waals surface area contributed by atoms with E-state index < -0.39 is 11.9 Å². The van der Waals surface area contributed by atoms with Gasteiger partial charge in [-0.2, -0.15) is 0 Å². The highest BCUT2D eigenvalue weighted by Crippen LogP contribution is 2.23. The molecule has 0 spiro atoms. The molecule has 1 amide bonds. The number of carbonyl (C=O) groups is 2. The topological polar surface area (TPSA) is 87.1 Å². The van der Waals surface area contributed by atoms with E-state index in [1.54, 1.807) is 0 Å². The summed E-state index contributed by atoms with van der Waals surface area (Å²) in [7, 11) is 1.24. The first kappa shape index (κ1) is 14.8. The zero-order valence-electron chi connectivity index (χ0n) is 10.9. The quantitative estimate of drug-likeness (QED) is 0.616. The minimum Gasteiger partial charge on any atom is -0.508 e. The van der Waals surface area contributed by atoms with Crippen molar-refractivity contribution < 1.29 is 24.5 Å². The van der Waals surface area contributed by atoms with Crippen molar-refractivity contribution in [3.8, 4) is 11.5 Å². The van der Waals surface area contributed by atoms with Crippen LogP contribution < -0.4 is 0 Å². The molecule has 0 saturated heterocycles. The summed E-state index contributed by atoms with van der Waals surface area (Å²) >= 11 is 0. The van der Waals surface area contributed by atoms with Gasteiger partial charge in [0.25, 0.3) is 5.91 Å². The third-order valence-electron chi connectivity index (χ3n) is 2.54. The van der Waals surface area contributed by atoms with Gasteiger partial charge in [-0.3, -0.25) is 9.59 Å². The number of hydrogen-bond acceptors (Lipinski definition) is 5. The van der Waals surface area contributed by atoms with Crippen LogP contribution in [0.1, 0.15) is 23.7 Å². The number of aromatic hydroxyl groups is 2. The molecule has 1 aromatic rings. The highest BCUT2D eigenvalue weighted by atomic mass is 16.5. The second kappa shape index (κ2) is 6.63. The van der Waals surface area contributed by atoms with Crippen molar-refractivity contribution in [3.63, 3.8) is 0 Å². The van der Waals surface area contributed by atoms with E-state index in [9.17, 15) is 19.8 Å². The molecule has 19 heavy (non-hydrogen) atoms. The van der Waals surface area contributed by atoms with Gasteiger partial charge in [0, 0.05) is 6.54 Å². The van der Waals surface area contributed by atoms with Crippen LogP contribution in [0, 0.1) is 0 Å². The van der Waals surface area contributed by atoms with Gasteiger partial charge in [0.15, 0.2) is 0 Å². The van der Waals surface area contributed by atoms with E-state index in [-0.39, 0.29) is 23.6 Å². The number of carbonyl (C=O) groups excluding carboxylic acids is 2. The van der Waals surface area contributed by atoms with Crippen LogP contribution in [0.25, 0.3) is 0 Å². The third kappa shape index (κ3) is 3.87.